The number of carbonyl (C=O) groups is 1. The molecule has 0 spiro atoms. The summed E-state index contributed by atoms with van der Waals surface area (Å²) in [6.07, 6.45) is 6.48. The maximum absolute atomic E-state index is 12.7. The molecule has 4 rings (SSSR count). The van der Waals surface area contributed by atoms with Gasteiger partial charge in [0.1, 0.15) is 0 Å². The third-order valence-corrected chi connectivity index (χ3v) is 5.84. The lowest BCUT2D eigenvalue weighted by atomic mass is 10.2. The normalized spacial score (nSPS) is 16.7. The molecule has 0 aliphatic carbocycles. The largest absolute Gasteiger partial charge is 0.353 e. The zero-order chi connectivity index (χ0) is 19.5. The summed E-state index contributed by atoms with van der Waals surface area (Å²) >= 11 is 1.51. The SMILES string of the molecule is CC(C)Cn1cc(-c2ccc(C(=O)N[C@@H]3CCN(c4cccnn4)C3)s2)cn1. The first-order chi connectivity index (χ1) is 13.6. The zero-order valence-corrected chi connectivity index (χ0v) is 16.9. The maximum Gasteiger partial charge on any atom is 0.261 e. The van der Waals surface area contributed by atoms with Gasteiger partial charge >= 0.3 is 0 Å². The molecule has 1 fully saturated rings. The number of aromatic nitrogens is 4. The summed E-state index contributed by atoms with van der Waals surface area (Å²) in [4.78, 5) is 16.6. The summed E-state index contributed by atoms with van der Waals surface area (Å²) in [6.45, 7) is 6.86. The molecule has 1 N–H and O–H groups in total. The van der Waals surface area contributed by atoms with Gasteiger partial charge in [-0.1, -0.05) is 13.8 Å². The van der Waals surface area contributed by atoms with E-state index in [2.05, 4.69) is 39.4 Å². The Hall–Kier alpha value is -2.74. The zero-order valence-electron chi connectivity index (χ0n) is 16.1. The smallest absolute Gasteiger partial charge is 0.261 e. The van der Waals surface area contributed by atoms with Gasteiger partial charge in [0.2, 0.25) is 0 Å². The lowest BCUT2D eigenvalue weighted by Crippen LogP contribution is -2.36. The molecular weight excluding hydrogens is 372 g/mol. The Morgan fingerprint density at radius 2 is 2.25 bits per heavy atom. The number of rotatable bonds is 6. The molecule has 0 bridgehead atoms. The first-order valence-electron chi connectivity index (χ1n) is 9.54. The molecule has 1 aliphatic heterocycles. The predicted molar refractivity (Wildman–Crippen MR) is 110 cm³/mol. The van der Waals surface area contributed by atoms with Crippen LogP contribution in [0.1, 0.15) is 29.9 Å². The molecule has 1 atom stereocenters. The van der Waals surface area contributed by atoms with E-state index < -0.39 is 0 Å². The highest BCUT2D eigenvalue weighted by Gasteiger charge is 2.25. The van der Waals surface area contributed by atoms with Gasteiger partial charge in [0.15, 0.2) is 5.82 Å². The average molecular weight is 397 g/mol. The van der Waals surface area contributed by atoms with Crippen LogP contribution in [0.25, 0.3) is 10.4 Å². The first-order valence-corrected chi connectivity index (χ1v) is 10.4. The van der Waals surface area contributed by atoms with E-state index in [0.717, 1.165) is 47.2 Å². The number of carbonyl (C=O) groups excluding carboxylic acids is 1. The predicted octanol–water partition coefficient (Wildman–Crippen LogP) is 3.07. The highest BCUT2D eigenvalue weighted by atomic mass is 32.1. The summed E-state index contributed by atoms with van der Waals surface area (Å²) in [7, 11) is 0. The number of nitrogens with zero attached hydrogens (tertiary/aromatic N) is 5. The Morgan fingerprint density at radius 1 is 1.36 bits per heavy atom. The molecule has 28 heavy (non-hydrogen) atoms. The van der Waals surface area contributed by atoms with Gasteiger partial charge in [0.25, 0.3) is 5.91 Å². The number of thiophene rings is 1. The van der Waals surface area contributed by atoms with Crippen LogP contribution in [0, 0.1) is 5.92 Å². The van der Waals surface area contributed by atoms with Gasteiger partial charge in [0.05, 0.1) is 11.1 Å². The van der Waals surface area contributed by atoms with Crippen LogP contribution in [0.15, 0.2) is 42.9 Å². The number of amides is 1. The Labute approximate surface area is 168 Å². The quantitative estimate of drug-likeness (QED) is 0.693. The molecule has 8 heteroatoms. The third-order valence-electron chi connectivity index (χ3n) is 4.71. The highest BCUT2D eigenvalue weighted by molar-refractivity contribution is 7.17. The standard InChI is InChI=1S/C20H24N6OS/c1-14(2)11-26-12-15(10-22-26)17-5-6-18(28-17)20(27)23-16-7-9-25(13-16)19-4-3-8-21-24-19/h3-6,8,10,12,14,16H,7,9,11,13H2,1-2H3,(H,23,27)/t16-/m1/s1. The maximum atomic E-state index is 12.7. The van der Waals surface area contributed by atoms with Gasteiger partial charge in [-0.3, -0.25) is 9.48 Å². The van der Waals surface area contributed by atoms with Crippen LogP contribution in [0.3, 0.4) is 0 Å². The lowest BCUT2D eigenvalue weighted by molar-refractivity contribution is 0.0944. The fourth-order valence-corrected chi connectivity index (χ4v) is 4.27. The minimum absolute atomic E-state index is 0.0168. The molecule has 7 nitrogen and oxygen atoms in total. The molecule has 1 aliphatic rings. The van der Waals surface area contributed by atoms with Crippen LogP contribution < -0.4 is 10.2 Å². The fraction of sp³-hybridized carbons (Fsp3) is 0.400. The Morgan fingerprint density at radius 3 is 3.04 bits per heavy atom. The van der Waals surface area contributed by atoms with Crippen molar-refractivity contribution in [2.45, 2.75) is 32.9 Å². The Bertz CT molecular complexity index is 935. The van der Waals surface area contributed by atoms with E-state index in [0.29, 0.717) is 5.92 Å². The van der Waals surface area contributed by atoms with E-state index in [1.807, 2.05) is 41.3 Å². The molecule has 1 amide bonds. The summed E-state index contributed by atoms with van der Waals surface area (Å²) in [6, 6.07) is 7.84. The monoisotopic (exact) mass is 396 g/mol. The Kier molecular flexibility index (Phi) is 5.38. The minimum atomic E-state index is -0.0168. The summed E-state index contributed by atoms with van der Waals surface area (Å²) in [5.74, 6) is 1.39. The molecule has 1 saturated heterocycles. The molecule has 3 aromatic rings. The third kappa shape index (κ3) is 4.22. The lowest BCUT2D eigenvalue weighted by Gasteiger charge is -2.16. The van der Waals surface area contributed by atoms with E-state index in [9.17, 15) is 4.79 Å². The van der Waals surface area contributed by atoms with Crippen molar-refractivity contribution in [3.8, 4) is 10.4 Å². The topological polar surface area (TPSA) is 75.9 Å². The van der Waals surface area contributed by atoms with Gasteiger partial charge in [-0.25, -0.2) is 0 Å². The molecule has 0 aromatic carbocycles. The van der Waals surface area contributed by atoms with Crippen molar-refractivity contribution in [3.63, 3.8) is 0 Å². The van der Waals surface area contributed by atoms with Gasteiger partial charge in [-0.2, -0.15) is 10.2 Å². The average Bonchev–Trinajstić information content (AvgIpc) is 3.42. The van der Waals surface area contributed by atoms with Gasteiger partial charge < -0.3 is 10.2 Å². The summed E-state index contributed by atoms with van der Waals surface area (Å²) < 4.78 is 1.96. The van der Waals surface area contributed by atoms with Crippen LogP contribution in [0.4, 0.5) is 5.82 Å². The van der Waals surface area contributed by atoms with Crippen LogP contribution in [-0.2, 0) is 6.54 Å². The molecule has 0 radical (unpaired) electrons. The van der Waals surface area contributed by atoms with E-state index >= 15 is 0 Å². The number of hydrogen-bond donors (Lipinski definition) is 1. The molecule has 4 heterocycles. The van der Waals surface area contributed by atoms with E-state index in [4.69, 9.17) is 0 Å². The Balaban J connectivity index is 1.36. The molecule has 0 unspecified atom stereocenters. The molecule has 0 saturated carbocycles. The van der Waals surface area contributed by atoms with Crippen molar-refractivity contribution >= 4 is 23.1 Å². The number of hydrogen-bond acceptors (Lipinski definition) is 6. The first kappa shape index (κ1) is 18.6. The van der Waals surface area contributed by atoms with Crippen LogP contribution in [0.2, 0.25) is 0 Å². The second-order valence-corrected chi connectivity index (χ2v) is 8.58. The van der Waals surface area contributed by atoms with E-state index in [1.54, 1.807) is 6.20 Å². The van der Waals surface area contributed by atoms with Crippen molar-refractivity contribution in [2.24, 2.45) is 5.92 Å². The molecular formula is C20H24N6OS. The summed E-state index contributed by atoms with van der Waals surface area (Å²) in [5, 5.41) is 15.6. The molecule has 3 aromatic heterocycles. The van der Waals surface area contributed by atoms with Crippen molar-refractivity contribution in [2.75, 3.05) is 18.0 Å². The number of nitrogens with one attached hydrogen (secondary N) is 1. The van der Waals surface area contributed by atoms with Crippen LogP contribution in [0.5, 0.6) is 0 Å². The summed E-state index contributed by atoms with van der Waals surface area (Å²) in [5.41, 5.74) is 1.05. The van der Waals surface area contributed by atoms with Crippen LogP contribution >= 0.6 is 11.3 Å². The van der Waals surface area contributed by atoms with Gasteiger partial charge in [-0.05, 0) is 36.6 Å². The van der Waals surface area contributed by atoms with Crippen molar-refractivity contribution in [1.82, 2.24) is 25.3 Å². The van der Waals surface area contributed by atoms with E-state index in [-0.39, 0.29) is 11.9 Å². The van der Waals surface area contributed by atoms with Crippen molar-refractivity contribution in [3.05, 3.63) is 47.7 Å². The molecule has 146 valence electrons. The van der Waals surface area contributed by atoms with Crippen molar-refractivity contribution < 1.29 is 4.79 Å². The van der Waals surface area contributed by atoms with Gasteiger partial charge in [0, 0.05) is 48.5 Å². The van der Waals surface area contributed by atoms with Crippen LogP contribution in [-0.4, -0.2) is 45.0 Å². The van der Waals surface area contributed by atoms with Crippen molar-refractivity contribution in [1.29, 1.82) is 0 Å². The van der Waals surface area contributed by atoms with Gasteiger partial charge in [-0.15, -0.1) is 16.4 Å². The second-order valence-electron chi connectivity index (χ2n) is 7.50. The van der Waals surface area contributed by atoms with E-state index in [1.165, 1.54) is 11.3 Å². The fourth-order valence-electron chi connectivity index (χ4n) is 3.38. The highest BCUT2D eigenvalue weighted by Crippen LogP contribution is 2.28. The number of anilines is 1. The second kappa shape index (κ2) is 8.10. The minimum Gasteiger partial charge on any atom is -0.353 e.